The Hall–Kier alpha value is -1.30. The van der Waals surface area contributed by atoms with Crippen molar-refractivity contribution in [2.75, 3.05) is 0 Å². The third-order valence-corrected chi connectivity index (χ3v) is 0.683. The molecular formula is C5H3FN2. The van der Waals surface area contributed by atoms with Crippen LogP contribution in [0.15, 0.2) is 12.4 Å². The summed E-state index contributed by atoms with van der Waals surface area (Å²) in [7, 11) is 0. The Balaban J connectivity index is 3.05. The lowest BCUT2D eigenvalue weighted by Crippen LogP contribution is -1.84. The standard InChI is InChI=1S/C5H3FN2/c1-2-8-4-5(6)3-7-8/h1,3-4H. The van der Waals surface area contributed by atoms with Crippen LogP contribution in [0.25, 0.3) is 0 Å². The molecule has 0 N–H and O–H groups in total. The third-order valence-electron chi connectivity index (χ3n) is 0.683. The van der Waals surface area contributed by atoms with E-state index in [0.717, 1.165) is 17.1 Å². The lowest BCUT2D eigenvalue weighted by molar-refractivity contribution is 0.627. The molecule has 1 aromatic rings. The third kappa shape index (κ3) is 0.684. The number of halogens is 1. The van der Waals surface area contributed by atoms with Crippen LogP contribution in [0.1, 0.15) is 0 Å². The molecule has 40 valence electrons. The maximum atomic E-state index is 11.9. The van der Waals surface area contributed by atoms with Crippen LogP contribution in [0.4, 0.5) is 4.39 Å². The van der Waals surface area contributed by atoms with Crippen molar-refractivity contribution in [2.24, 2.45) is 0 Å². The first-order chi connectivity index (χ1) is 3.83. The minimum Gasteiger partial charge on any atom is -0.203 e. The van der Waals surface area contributed by atoms with E-state index < -0.39 is 5.82 Å². The van der Waals surface area contributed by atoms with E-state index in [1.54, 1.807) is 0 Å². The van der Waals surface area contributed by atoms with Gasteiger partial charge < -0.3 is 0 Å². The Morgan fingerprint density at radius 3 is 2.88 bits per heavy atom. The van der Waals surface area contributed by atoms with Gasteiger partial charge in [0.1, 0.15) is 0 Å². The van der Waals surface area contributed by atoms with Gasteiger partial charge in [0.25, 0.3) is 0 Å². The van der Waals surface area contributed by atoms with Crippen LogP contribution in [0, 0.1) is 18.3 Å². The van der Waals surface area contributed by atoms with Gasteiger partial charge in [-0.2, -0.15) is 9.78 Å². The Morgan fingerprint density at radius 1 is 1.88 bits per heavy atom. The Labute approximate surface area is 45.9 Å². The molecular weight excluding hydrogens is 107 g/mol. The van der Waals surface area contributed by atoms with Gasteiger partial charge >= 0.3 is 0 Å². The van der Waals surface area contributed by atoms with Crippen molar-refractivity contribution in [3.63, 3.8) is 0 Å². The van der Waals surface area contributed by atoms with Crippen LogP contribution < -0.4 is 0 Å². The molecule has 0 fully saturated rings. The molecule has 0 radical (unpaired) electrons. The minimum absolute atomic E-state index is 0.414. The molecule has 1 aromatic heterocycles. The molecule has 0 aliphatic rings. The van der Waals surface area contributed by atoms with E-state index in [4.69, 9.17) is 6.42 Å². The Kier molecular flexibility index (Phi) is 1.01. The molecule has 0 saturated carbocycles. The highest BCUT2D eigenvalue weighted by molar-refractivity contribution is 4.94. The molecule has 0 atom stereocenters. The van der Waals surface area contributed by atoms with Crippen molar-refractivity contribution in [3.8, 4) is 12.5 Å². The maximum Gasteiger partial charge on any atom is 0.162 e. The van der Waals surface area contributed by atoms with Gasteiger partial charge in [0, 0.05) is 6.04 Å². The number of hydrogen-bond donors (Lipinski definition) is 0. The summed E-state index contributed by atoms with van der Waals surface area (Å²) in [5.41, 5.74) is 0. The van der Waals surface area contributed by atoms with E-state index in [2.05, 4.69) is 11.1 Å². The number of rotatable bonds is 0. The van der Waals surface area contributed by atoms with E-state index in [1.807, 2.05) is 0 Å². The molecule has 3 heteroatoms. The lowest BCUT2D eigenvalue weighted by atomic mass is 10.7. The van der Waals surface area contributed by atoms with Crippen molar-refractivity contribution in [2.45, 2.75) is 0 Å². The van der Waals surface area contributed by atoms with Crippen molar-refractivity contribution in [1.29, 1.82) is 0 Å². The SMILES string of the molecule is C#Cn1cc(F)cn1. The highest BCUT2D eigenvalue weighted by atomic mass is 19.1. The van der Waals surface area contributed by atoms with E-state index in [-0.39, 0.29) is 0 Å². The van der Waals surface area contributed by atoms with Crippen LogP contribution in [-0.2, 0) is 0 Å². The van der Waals surface area contributed by atoms with E-state index >= 15 is 0 Å². The lowest BCUT2D eigenvalue weighted by Gasteiger charge is -1.76. The van der Waals surface area contributed by atoms with Gasteiger partial charge in [-0.1, -0.05) is 6.42 Å². The Bertz CT molecular complexity index is 221. The van der Waals surface area contributed by atoms with Gasteiger partial charge in [-0.15, -0.1) is 0 Å². The summed E-state index contributed by atoms with van der Waals surface area (Å²) < 4.78 is 13.0. The van der Waals surface area contributed by atoms with E-state index in [0.29, 0.717) is 0 Å². The van der Waals surface area contributed by atoms with Gasteiger partial charge in [-0.3, -0.25) is 0 Å². The van der Waals surface area contributed by atoms with Gasteiger partial charge in [-0.25, -0.2) is 4.39 Å². The molecule has 0 amide bonds. The molecule has 0 aliphatic carbocycles. The van der Waals surface area contributed by atoms with Crippen LogP contribution in [0.3, 0.4) is 0 Å². The average Bonchev–Trinajstić information content (AvgIpc) is 2.14. The summed E-state index contributed by atoms with van der Waals surface area (Å²) >= 11 is 0. The van der Waals surface area contributed by atoms with Crippen LogP contribution >= 0.6 is 0 Å². The first-order valence-electron chi connectivity index (χ1n) is 2.00. The average molecular weight is 110 g/mol. The second-order valence-electron chi connectivity index (χ2n) is 1.23. The number of terminal acetylenes is 1. The second-order valence-corrected chi connectivity index (χ2v) is 1.23. The first-order valence-corrected chi connectivity index (χ1v) is 2.00. The largest absolute Gasteiger partial charge is 0.203 e. The number of nitrogens with zero attached hydrogens (tertiary/aromatic N) is 2. The minimum atomic E-state index is -0.414. The summed E-state index contributed by atoms with van der Waals surface area (Å²) in [4.78, 5) is 0. The molecule has 0 aromatic carbocycles. The molecule has 1 heterocycles. The summed E-state index contributed by atoms with van der Waals surface area (Å²) in [6, 6.07) is 2.11. The summed E-state index contributed by atoms with van der Waals surface area (Å²) in [6.45, 7) is 0. The molecule has 0 bridgehead atoms. The zero-order valence-corrected chi connectivity index (χ0v) is 4.00. The predicted octanol–water partition coefficient (Wildman–Crippen LogP) is 0.461. The molecule has 0 saturated heterocycles. The van der Waals surface area contributed by atoms with Crippen molar-refractivity contribution < 1.29 is 4.39 Å². The number of hydrogen-bond acceptors (Lipinski definition) is 1. The normalized spacial score (nSPS) is 8.50. The fraction of sp³-hybridized carbons (Fsp3) is 0. The quantitative estimate of drug-likeness (QED) is 0.443. The predicted molar refractivity (Wildman–Crippen MR) is 26.4 cm³/mol. The van der Waals surface area contributed by atoms with Crippen molar-refractivity contribution >= 4 is 0 Å². The highest BCUT2D eigenvalue weighted by Gasteiger charge is 1.89. The molecule has 0 unspecified atom stereocenters. The molecule has 2 nitrogen and oxygen atoms in total. The monoisotopic (exact) mass is 110 g/mol. The van der Waals surface area contributed by atoms with Crippen LogP contribution in [-0.4, -0.2) is 9.78 Å². The first kappa shape index (κ1) is 4.85. The van der Waals surface area contributed by atoms with Gasteiger partial charge in [-0.05, 0) is 0 Å². The van der Waals surface area contributed by atoms with E-state index in [1.165, 1.54) is 0 Å². The fourth-order valence-electron chi connectivity index (χ4n) is 0.371. The zero-order chi connectivity index (χ0) is 5.98. The maximum absolute atomic E-state index is 11.9. The molecule has 1 rings (SSSR count). The molecule has 0 aliphatic heterocycles. The summed E-state index contributed by atoms with van der Waals surface area (Å²) in [6.07, 6.45) is 7.03. The smallest absolute Gasteiger partial charge is 0.162 e. The topological polar surface area (TPSA) is 17.8 Å². The van der Waals surface area contributed by atoms with Gasteiger partial charge in [0.05, 0.1) is 12.4 Å². The van der Waals surface area contributed by atoms with Crippen LogP contribution in [0.5, 0.6) is 0 Å². The number of aromatic nitrogens is 2. The van der Waals surface area contributed by atoms with Gasteiger partial charge in [0.15, 0.2) is 5.82 Å². The zero-order valence-electron chi connectivity index (χ0n) is 4.00. The Morgan fingerprint density at radius 2 is 2.62 bits per heavy atom. The molecule has 0 spiro atoms. The highest BCUT2D eigenvalue weighted by Crippen LogP contribution is 1.89. The van der Waals surface area contributed by atoms with Crippen LogP contribution in [0.2, 0.25) is 0 Å². The van der Waals surface area contributed by atoms with Crippen molar-refractivity contribution in [1.82, 2.24) is 9.78 Å². The second kappa shape index (κ2) is 1.66. The van der Waals surface area contributed by atoms with Crippen molar-refractivity contribution in [3.05, 3.63) is 18.2 Å². The van der Waals surface area contributed by atoms with E-state index in [9.17, 15) is 4.39 Å². The van der Waals surface area contributed by atoms with Gasteiger partial charge in [0.2, 0.25) is 0 Å². The fourth-order valence-corrected chi connectivity index (χ4v) is 0.371. The molecule has 8 heavy (non-hydrogen) atoms. The summed E-state index contributed by atoms with van der Waals surface area (Å²) in [5.74, 6) is -0.414. The summed E-state index contributed by atoms with van der Waals surface area (Å²) in [5, 5.41) is 3.44.